The summed E-state index contributed by atoms with van der Waals surface area (Å²) in [7, 11) is 0. The lowest BCUT2D eigenvalue weighted by molar-refractivity contribution is 0.258. The Bertz CT molecular complexity index is 427. The number of rotatable bonds is 7. The third kappa shape index (κ3) is 4.06. The molecule has 2 rings (SSSR count). The molecule has 0 saturated carbocycles. The van der Waals surface area contributed by atoms with E-state index in [0.717, 1.165) is 57.2 Å². The maximum absolute atomic E-state index is 4.59. The van der Waals surface area contributed by atoms with Crippen molar-refractivity contribution in [3.63, 3.8) is 0 Å². The van der Waals surface area contributed by atoms with Crippen molar-refractivity contribution in [3.05, 3.63) is 11.9 Å². The average Bonchev–Trinajstić information content (AvgIpc) is 2.51. The summed E-state index contributed by atoms with van der Waals surface area (Å²) in [6, 6.07) is 0. The van der Waals surface area contributed by atoms with E-state index in [1.807, 2.05) is 0 Å². The van der Waals surface area contributed by atoms with Crippen LogP contribution in [0.25, 0.3) is 0 Å². The zero-order chi connectivity index (χ0) is 15.1. The molecule has 0 atom stereocenters. The molecular weight excluding hydrogens is 262 g/mol. The number of piperazine rings is 1. The first kappa shape index (κ1) is 16.0. The van der Waals surface area contributed by atoms with Crippen molar-refractivity contribution in [3.8, 4) is 0 Å². The van der Waals surface area contributed by atoms with Crippen molar-refractivity contribution >= 4 is 11.6 Å². The summed E-state index contributed by atoms with van der Waals surface area (Å²) in [6.07, 6.45) is 5.09. The van der Waals surface area contributed by atoms with Crippen LogP contribution in [0.2, 0.25) is 0 Å². The van der Waals surface area contributed by atoms with E-state index >= 15 is 0 Å². The lowest BCUT2D eigenvalue weighted by atomic mass is 10.1. The lowest BCUT2D eigenvalue weighted by Gasteiger charge is -2.36. The number of anilines is 2. The van der Waals surface area contributed by atoms with E-state index in [-0.39, 0.29) is 0 Å². The van der Waals surface area contributed by atoms with Gasteiger partial charge in [0.25, 0.3) is 0 Å². The number of nitrogens with one attached hydrogen (secondary N) is 1. The molecule has 118 valence electrons. The van der Waals surface area contributed by atoms with E-state index in [2.05, 4.69) is 45.9 Å². The third-order valence-corrected chi connectivity index (χ3v) is 3.98. The van der Waals surface area contributed by atoms with Gasteiger partial charge in [0.15, 0.2) is 0 Å². The predicted molar refractivity (Wildman–Crippen MR) is 89.1 cm³/mol. The summed E-state index contributed by atoms with van der Waals surface area (Å²) in [5, 5.41) is 3.38. The van der Waals surface area contributed by atoms with E-state index in [4.69, 9.17) is 0 Å². The van der Waals surface area contributed by atoms with Crippen LogP contribution in [0.4, 0.5) is 11.6 Å². The van der Waals surface area contributed by atoms with Crippen molar-refractivity contribution in [1.29, 1.82) is 0 Å². The van der Waals surface area contributed by atoms with Crippen LogP contribution < -0.4 is 10.2 Å². The zero-order valence-corrected chi connectivity index (χ0v) is 13.7. The van der Waals surface area contributed by atoms with E-state index < -0.39 is 0 Å². The minimum absolute atomic E-state index is 0.900. The number of hydrogen-bond acceptors (Lipinski definition) is 5. The van der Waals surface area contributed by atoms with Gasteiger partial charge in [-0.3, -0.25) is 4.90 Å². The molecule has 1 fully saturated rings. The van der Waals surface area contributed by atoms with Crippen LogP contribution >= 0.6 is 0 Å². The second-order valence-corrected chi connectivity index (χ2v) is 5.63. The molecule has 1 aliphatic rings. The van der Waals surface area contributed by atoms with Crippen LogP contribution in [0.3, 0.4) is 0 Å². The fourth-order valence-corrected chi connectivity index (χ4v) is 2.98. The second-order valence-electron chi connectivity index (χ2n) is 5.63. The molecular formula is C16H29N5. The Morgan fingerprint density at radius 3 is 2.43 bits per heavy atom. The van der Waals surface area contributed by atoms with Gasteiger partial charge in [-0.1, -0.05) is 20.3 Å². The van der Waals surface area contributed by atoms with Crippen LogP contribution in [-0.2, 0) is 6.42 Å². The van der Waals surface area contributed by atoms with Gasteiger partial charge in [-0.2, -0.15) is 0 Å². The summed E-state index contributed by atoms with van der Waals surface area (Å²) < 4.78 is 0. The monoisotopic (exact) mass is 291 g/mol. The van der Waals surface area contributed by atoms with Crippen LogP contribution in [0, 0.1) is 0 Å². The zero-order valence-electron chi connectivity index (χ0n) is 13.7. The maximum atomic E-state index is 4.59. The number of nitrogens with zero attached hydrogens (tertiary/aromatic N) is 4. The highest BCUT2D eigenvalue weighted by molar-refractivity contribution is 5.59. The molecule has 0 aromatic carbocycles. The highest BCUT2D eigenvalue weighted by atomic mass is 15.3. The summed E-state index contributed by atoms with van der Waals surface area (Å²) in [6.45, 7) is 13.1. The molecule has 21 heavy (non-hydrogen) atoms. The Kier molecular flexibility index (Phi) is 6.23. The molecule has 5 nitrogen and oxygen atoms in total. The SMILES string of the molecule is CCCc1c(NCC)ncnc1N1CCN(CCC)CC1. The molecule has 0 bridgehead atoms. The first-order valence-corrected chi connectivity index (χ1v) is 8.35. The van der Waals surface area contributed by atoms with Gasteiger partial charge in [0.05, 0.1) is 0 Å². The first-order valence-electron chi connectivity index (χ1n) is 8.35. The quantitative estimate of drug-likeness (QED) is 0.835. The van der Waals surface area contributed by atoms with Gasteiger partial charge >= 0.3 is 0 Å². The van der Waals surface area contributed by atoms with Crippen LogP contribution in [0.1, 0.15) is 39.2 Å². The molecule has 1 aromatic rings. The van der Waals surface area contributed by atoms with Crippen molar-refractivity contribution < 1.29 is 0 Å². The lowest BCUT2D eigenvalue weighted by Crippen LogP contribution is -2.47. The predicted octanol–water partition coefficient (Wildman–Crippen LogP) is 2.39. The standard InChI is InChI=1S/C16H29N5/c1-4-7-14-15(17-6-3)18-13-19-16(14)21-11-9-20(8-5-2)10-12-21/h13H,4-12H2,1-3H3,(H,17,18,19). The van der Waals surface area contributed by atoms with Crippen molar-refractivity contribution in [2.45, 2.75) is 40.0 Å². The van der Waals surface area contributed by atoms with E-state index in [9.17, 15) is 0 Å². The maximum Gasteiger partial charge on any atom is 0.137 e. The highest BCUT2D eigenvalue weighted by Crippen LogP contribution is 2.25. The van der Waals surface area contributed by atoms with Crippen LogP contribution in [0.5, 0.6) is 0 Å². The molecule has 0 aliphatic carbocycles. The van der Waals surface area contributed by atoms with Crippen molar-refractivity contribution in [2.75, 3.05) is 49.5 Å². The first-order chi connectivity index (χ1) is 10.3. The van der Waals surface area contributed by atoms with E-state index in [1.54, 1.807) is 6.33 Å². The molecule has 0 radical (unpaired) electrons. The minimum Gasteiger partial charge on any atom is -0.370 e. The van der Waals surface area contributed by atoms with Gasteiger partial charge in [0, 0.05) is 38.3 Å². The second kappa shape index (κ2) is 8.17. The molecule has 5 heteroatoms. The van der Waals surface area contributed by atoms with Crippen LogP contribution in [-0.4, -0.2) is 54.1 Å². The molecule has 1 N–H and O–H groups in total. The minimum atomic E-state index is 0.900. The number of hydrogen-bond donors (Lipinski definition) is 1. The fourth-order valence-electron chi connectivity index (χ4n) is 2.98. The Balaban J connectivity index is 2.13. The van der Waals surface area contributed by atoms with E-state index in [0.29, 0.717) is 0 Å². The summed E-state index contributed by atoms with van der Waals surface area (Å²) in [4.78, 5) is 14.0. The van der Waals surface area contributed by atoms with E-state index in [1.165, 1.54) is 18.5 Å². The van der Waals surface area contributed by atoms with Crippen LogP contribution in [0.15, 0.2) is 6.33 Å². The number of aromatic nitrogens is 2. The fraction of sp³-hybridized carbons (Fsp3) is 0.750. The van der Waals surface area contributed by atoms with Gasteiger partial charge in [-0.15, -0.1) is 0 Å². The molecule has 1 saturated heterocycles. The van der Waals surface area contributed by atoms with Gasteiger partial charge < -0.3 is 10.2 Å². The molecule has 0 spiro atoms. The average molecular weight is 291 g/mol. The smallest absolute Gasteiger partial charge is 0.137 e. The molecule has 2 heterocycles. The highest BCUT2D eigenvalue weighted by Gasteiger charge is 2.21. The molecule has 0 amide bonds. The Hall–Kier alpha value is -1.36. The van der Waals surface area contributed by atoms with Gasteiger partial charge in [0.2, 0.25) is 0 Å². The van der Waals surface area contributed by atoms with Crippen molar-refractivity contribution in [2.24, 2.45) is 0 Å². The van der Waals surface area contributed by atoms with Gasteiger partial charge in [-0.05, 0) is 26.3 Å². The Morgan fingerprint density at radius 1 is 1.05 bits per heavy atom. The largest absolute Gasteiger partial charge is 0.370 e. The third-order valence-electron chi connectivity index (χ3n) is 3.98. The topological polar surface area (TPSA) is 44.3 Å². The molecule has 1 aliphatic heterocycles. The Morgan fingerprint density at radius 2 is 1.81 bits per heavy atom. The van der Waals surface area contributed by atoms with Gasteiger partial charge in [0.1, 0.15) is 18.0 Å². The molecule has 0 unspecified atom stereocenters. The Labute approximate surface area is 128 Å². The summed E-state index contributed by atoms with van der Waals surface area (Å²) >= 11 is 0. The summed E-state index contributed by atoms with van der Waals surface area (Å²) in [5.41, 5.74) is 1.28. The summed E-state index contributed by atoms with van der Waals surface area (Å²) in [5.74, 6) is 2.15. The normalized spacial score (nSPS) is 16.2. The van der Waals surface area contributed by atoms with Crippen molar-refractivity contribution in [1.82, 2.24) is 14.9 Å². The molecule has 1 aromatic heterocycles. The van der Waals surface area contributed by atoms with Gasteiger partial charge in [-0.25, -0.2) is 9.97 Å².